The Hall–Kier alpha value is -1.59. The number of carbonyl (C=O) groups is 2. The molecule has 1 unspecified atom stereocenters. The SMILES string of the molecule is CC1(C(=O)Nc2ccc(C(=O)NC3CC3)cc2)CCNC1.Cl. The van der Waals surface area contributed by atoms with E-state index in [1.54, 1.807) is 24.3 Å². The van der Waals surface area contributed by atoms with Gasteiger partial charge in [-0.2, -0.15) is 0 Å². The first kappa shape index (κ1) is 16.8. The zero-order valence-electron chi connectivity index (χ0n) is 12.6. The summed E-state index contributed by atoms with van der Waals surface area (Å²) in [6, 6.07) is 7.42. The summed E-state index contributed by atoms with van der Waals surface area (Å²) in [5.41, 5.74) is 1.02. The highest BCUT2D eigenvalue weighted by atomic mass is 35.5. The summed E-state index contributed by atoms with van der Waals surface area (Å²) in [4.78, 5) is 24.2. The monoisotopic (exact) mass is 323 g/mol. The van der Waals surface area contributed by atoms with Crippen LogP contribution in [0.5, 0.6) is 0 Å². The summed E-state index contributed by atoms with van der Waals surface area (Å²) in [5.74, 6) is -0.00925. The zero-order chi connectivity index (χ0) is 14.9. The van der Waals surface area contributed by atoms with Crippen molar-refractivity contribution in [2.24, 2.45) is 5.41 Å². The quantitative estimate of drug-likeness (QED) is 0.793. The van der Waals surface area contributed by atoms with E-state index >= 15 is 0 Å². The molecule has 0 spiro atoms. The Morgan fingerprint density at radius 1 is 1.23 bits per heavy atom. The minimum atomic E-state index is -0.345. The lowest BCUT2D eigenvalue weighted by Crippen LogP contribution is -2.35. The predicted molar refractivity (Wildman–Crippen MR) is 88.4 cm³/mol. The molecule has 2 amide bonds. The summed E-state index contributed by atoms with van der Waals surface area (Å²) in [6.45, 7) is 3.56. The second-order valence-electron chi connectivity index (χ2n) is 6.27. The molecular weight excluding hydrogens is 302 g/mol. The summed E-state index contributed by atoms with van der Waals surface area (Å²) in [7, 11) is 0. The minimum absolute atomic E-state index is 0. The van der Waals surface area contributed by atoms with Crippen LogP contribution in [0, 0.1) is 5.41 Å². The average Bonchev–Trinajstić information content (AvgIpc) is 3.17. The van der Waals surface area contributed by atoms with Crippen molar-refractivity contribution in [1.29, 1.82) is 0 Å². The number of anilines is 1. The zero-order valence-corrected chi connectivity index (χ0v) is 13.5. The minimum Gasteiger partial charge on any atom is -0.349 e. The van der Waals surface area contributed by atoms with Gasteiger partial charge in [-0.25, -0.2) is 0 Å². The standard InChI is InChI=1S/C16H21N3O2.ClH/c1-16(8-9-17-10-16)15(21)19-13-4-2-11(3-5-13)14(20)18-12-6-7-12;/h2-5,12,17H,6-10H2,1H3,(H,18,20)(H,19,21);1H. The van der Waals surface area contributed by atoms with Crippen molar-refractivity contribution in [3.63, 3.8) is 0 Å². The highest BCUT2D eigenvalue weighted by molar-refractivity contribution is 5.97. The second kappa shape index (κ2) is 6.67. The molecular formula is C16H22ClN3O2. The van der Waals surface area contributed by atoms with Crippen LogP contribution in [0.3, 0.4) is 0 Å². The Labute approximate surface area is 136 Å². The van der Waals surface area contributed by atoms with E-state index in [0.717, 1.165) is 31.5 Å². The number of amides is 2. The molecule has 2 fully saturated rings. The molecule has 1 aliphatic heterocycles. The molecule has 22 heavy (non-hydrogen) atoms. The lowest BCUT2D eigenvalue weighted by Gasteiger charge is -2.21. The van der Waals surface area contributed by atoms with Crippen LogP contribution in [0.4, 0.5) is 5.69 Å². The van der Waals surface area contributed by atoms with Crippen LogP contribution < -0.4 is 16.0 Å². The van der Waals surface area contributed by atoms with Gasteiger partial charge in [0.05, 0.1) is 5.41 Å². The van der Waals surface area contributed by atoms with Crippen LogP contribution in [0.25, 0.3) is 0 Å². The molecule has 120 valence electrons. The Morgan fingerprint density at radius 3 is 2.45 bits per heavy atom. The van der Waals surface area contributed by atoms with Gasteiger partial charge in [-0.3, -0.25) is 9.59 Å². The normalized spacial score (nSPS) is 23.5. The topological polar surface area (TPSA) is 70.2 Å². The fourth-order valence-electron chi connectivity index (χ4n) is 2.49. The number of benzene rings is 1. The second-order valence-corrected chi connectivity index (χ2v) is 6.27. The van der Waals surface area contributed by atoms with Crippen LogP contribution in [0.2, 0.25) is 0 Å². The number of halogens is 1. The largest absolute Gasteiger partial charge is 0.349 e. The maximum Gasteiger partial charge on any atom is 0.251 e. The summed E-state index contributed by atoms with van der Waals surface area (Å²) in [6.07, 6.45) is 3.00. The number of carbonyl (C=O) groups excluding carboxylic acids is 2. The van der Waals surface area contributed by atoms with Crippen molar-refractivity contribution < 1.29 is 9.59 Å². The van der Waals surface area contributed by atoms with Crippen molar-refractivity contribution in [2.45, 2.75) is 32.2 Å². The first-order chi connectivity index (χ1) is 10.1. The first-order valence-electron chi connectivity index (χ1n) is 7.50. The van der Waals surface area contributed by atoms with Crippen molar-refractivity contribution >= 4 is 29.9 Å². The Kier molecular flexibility index (Phi) is 5.08. The van der Waals surface area contributed by atoms with E-state index in [-0.39, 0.29) is 29.6 Å². The van der Waals surface area contributed by atoms with Gasteiger partial charge in [-0.15, -0.1) is 12.4 Å². The Balaban J connectivity index is 0.00000176. The average molecular weight is 324 g/mol. The summed E-state index contributed by atoms with van der Waals surface area (Å²) >= 11 is 0. The molecule has 1 saturated heterocycles. The van der Waals surface area contributed by atoms with E-state index in [0.29, 0.717) is 18.2 Å². The van der Waals surface area contributed by atoms with Crippen LogP contribution in [0.15, 0.2) is 24.3 Å². The van der Waals surface area contributed by atoms with Crippen molar-refractivity contribution in [3.8, 4) is 0 Å². The molecule has 1 aliphatic carbocycles. The molecule has 0 bridgehead atoms. The van der Waals surface area contributed by atoms with Gasteiger partial charge in [-0.05, 0) is 57.0 Å². The molecule has 2 aliphatic rings. The molecule has 3 rings (SSSR count). The smallest absolute Gasteiger partial charge is 0.251 e. The lowest BCUT2D eigenvalue weighted by molar-refractivity contribution is -0.123. The van der Waals surface area contributed by atoms with E-state index in [4.69, 9.17) is 0 Å². The molecule has 0 radical (unpaired) electrons. The molecule has 1 aromatic carbocycles. The molecule has 3 N–H and O–H groups in total. The van der Waals surface area contributed by atoms with Crippen LogP contribution in [-0.2, 0) is 4.79 Å². The summed E-state index contributed by atoms with van der Waals surface area (Å²) < 4.78 is 0. The third kappa shape index (κ3) is 3.78. The van der Waals surface area contributed by atoms with E-state index in [1.807, 2.05) is 6.92 Å². The summed E-state index contributed by atoms with van der Waals surface area (Å²) in [5, 5.41) is 9.09. The number of hydrogen-bond donors (Lipinski definition) is 3. The molecule has 1 atom stereocenters. The molecule has 1 saturated carbocycles. The van der Waals surface area contributed by atoms with E-state index < -0.39 is 0 Å². The van der Waals surface area contributed by atoms with Gasteiger partial charge in [-0.1, -0.05) is 0 Å². The van der Waals surface area contributed by atoms with Gasteiger partial charge in [0.15, 0.2) is 0 Å². The lowest BCUT2D eigenvalue weighted by atomic mass is 9.89. The Bertz CT molecular complexity index is 549. The molecule has 1 heterocycles. The predicted octanol–water partition coefficient (Wildman–Crippen LogP) is 1.94. The van der Waals surface area contributed by atoms with Crippen molar-refractivity contribution in [3.05, 3.63) is 29.8 Å². The van der Waals surface area contributed by atoms with Gasteiger partial charge in [0.25, 0.3) is 5.91 Å². The van der Waals surface area contributed by atoms with E-state index in [2.05, 4.69) is 16.0 Å². The highest BCUT2D eigenvalue weighted by Gasteiger charge is 2.36. The van der Waals surface area contributed by atoms with Gasteiger partial charge in [0.1, 0.15) is 0 Å². The maximum atomic E-state index is 12.3. The Morgan fingerprint density at radius 2 is 1.91 bits per heavy atom. The van der Waals surface area contributed by atoms with Crippen LogP contribution >= 0.6 is 12.4 Å². The molecule has 1 aromatic rings. The molecule has 6 heteroatoms. The first-order valence-corrected chi connectivity index (χ1v) is 7.50. The maximum absolute atomic E-state index is 12.3. The highest BCUT2D eigenvalue weighted by Crippen LogP contribution is 2.26. The van der Waals surface area contributed by atoms with Crippen LogP contribution in [-0.4, -0.2) is 30.9 Å². The van der Waals surface area contributed by atoms with Gasteiger partial charge >= 0.3 is 0 Å². The number of hydrogen-bond acceptors (Lipinski definition) is 3. The van der Waals surface area contributed by atoms with Crippen molar-refractivity contribution in [2.75, 3.05) is 18.4 Å². The molecule has 5 nitrogen and oxygen atoms in total. The third-order valence-electron chi connectivity index (χ3n) is 4.23. The number of rotatable bonds is 4. The van der Waals surface area contributed by atoms with E-state index in [9.17, 15) is 9.59 Å². The fraction of sp³-hybridized carbons (Fsp3) is 0.500. The van der Waals surface area contributed by atoms with Crippen molar-refractivity contribution in [1.82, 2.24) is 10.6 Å². The van der Waals surface area contributed by atoms with E-state index in [1.165, 1.54) is 0 Å². The fourth-order valence-corrected chi connectivity index (χ4v) is 2.49. The van der Waals surface area contributed by atoms with Gasteiger partial charge in [0.2, 0.25) is 5.91 Å². The number of nitrogens with one attached hydrogen (secondary N) is 3. The van der Waals surface area contributed by atoms with Crippen LogP contribution in [0.1, 0.15) is 36.5 Å². The third-order valence-corrected chi connectivity index (χ3v) is 4.23. The van der Waals surface area contributed by atoms with Gasteiger partial charge in [0, 0.05) is 23.8 Å². The van der Waals surface area contributed by atoms with Gasteiger partial charge < -0.3 is 16.0 Å². The molecule has 0 aromatic heterocycles.